The van der Waals surface area contributed by atoms with Crippen LogP contribution in [0.1, 0.15) is 4.28 Å². The molecule has 0 aromatic heterocycles. The molecule has 0 spiro atoms. The Morgan fingerprint density at radius 1 is 1.00 bits per heavy atom. The van der Waals surface area contributed by atoms with Gasteiger partial charge in [0.15, 0.2) is 0 Å². The van der Waals surface area contributed by atoms with E-state index in [9.17, 15) is 0 Å². The molecule has 0 fully saturated rings. The van der Waals surface area contributed by atoms with Crippen LogP contribution in [0.5, 0.6) is 0 Å². The van der Waals surface area contributed by atoms with Crippen LogP contribution in [0.4, 0.5) is 0 Å². The van der Waals surface area contributed by atoms with Crippen LogP contribution in [0.15, 0.2) is 0 Å². The van der Waals surface area contributed by atoms with Gasteiger partial charge in [-0.25, -0.2) is 0 Å². The van der Waals surface area contributed by atoms with E-state index in [0.29, 0.717) is 0 Å². The van der Waals surface area contributed by atoms with Crippen LogP contribution in [0.2, 0.25) is 0 Å². The Morgan fingerprint density at radius 2 is 1.00 bits per heavy atom. The van der Waals surface area contributed by atoms with Crippen molar-refractivity contribution in [3.8, 4) is 0 Å². The Labute approximate surface area is 81.3 Å². The maximum atomic E-state index is 0. The van der Waals surface area contributed by atoms with E-state index in [-0.39, 0.29) is 82.5 Å². The van der Waals surface area contributed by atoms with Gasteiger partial charge in [0.05, 0.1) is 0 Å². The smallest absolute Gasteiger partial charge is 1.00 e. The third-order valence-corrected chi connectivity index (χ3v) is 0. The van der Waals surface area contributed by atoms with Gasteiger partial charge in [-0.2, -0.15) is 0 Å². The molecule has 0 aromatic rings. The Balaban J connectivity index is 0. The SMILES string of the molecule is O.O.[Ca+2].[H-].[H-].[H-].[Na+]. The second-order valence-electron chi connectivity index (χ2n) is 0. The zero-order valence-electron chi connectivity index (χ0n) is 5.71. The topological polar surface area (TPSA) is 63.0 Å². The average Bonchev–Trinajstić information content (AvgIpc) is 0. The van der Waals surface area contributed by atoms with E-state index in [2.05, 4.69) is 0 Å². The first kappa shape index (κ1) is 34.9. The molecule has 4 heavy (non-hydrogen) atoms. The summed E-state index contributed by atoms with van der Waals surface area (Å²) in [5.41, 5.74) is 0. The van der Waals surface area contributed by atoms with Crippen LogP contribution in [0, 0.1) is 0 Å². The normalized spacial score (nSPS) is 0. The van der Waals surface area contributed by atoms with E-state index in [0.717, 1.165) is 0 Å². The molecule has 0 atom stereocenters. The molecule has 0 unspecified atom stereocenters. The first-order valence-electron chi connectivity index (χ1n) is 0. The Bertz CT molecular complexity index is 12.9. The van der Waals surface area contributed by atoms with Crippen LogP contribution >= 0.6 is 0 Å². The molecule has 0 saturated heterocycles. The van der Waals surface area contributed by atoms with Crippen molar-refractivity contribution in [2.75, 3.05) is 0 Å². The molecule has 0 rings (SSSR count). The Hall–Kier alpha value is 2.18. The van der Waals surface area contributed by atoms with Crippen molar-refractivity contribution >= 4 is 37.7 Å². The number of hydrogen-bond acceptors (Lipinski definition) is 0. The molecule has 22 valence electrons. The number of hydrogen-bond donors (Lipinski definition) is 0. The standard InChI is InChI=1S/Ca.Na.2H2O.3H/h;;2*1H2;;;/q+2;+1;;;3*-1. The maximum absolute atomic E-state index is 0. The van der Waals surface area contributed by atoms with Crippen molar-refractivity contribution in [2.24, 2.45) is 0 Å². The predicted octanol–water partition coefficient (Wildman–Crippen LogP) is -4.69. The van der Waals surface area contributed by atoms with Crippen molar-refractivity contribution < 1.29 is 44.8 Å². The summed E-state index contributed by atoms with van der Waals surface area (Å²) < 4.78 is 0. The average molecular weight is 102 g/mol. The molecule has 0 aromatic carbocycles. The molecular formula is H7CaNaO2. The summed E-state index contributed by atoms with van der Waals surface area (Å²) in [6.07, 6.45) is 0. The predicted molar refractivity (Wildman–Crippen MR) is 16.3 cm³/mol. The van der Waals surface area contributed by atoms with Crippen LogP contribution in [-0.2, 0) is 0 Å². The molecule has 0 amide bonds. The van der Waals surface area contributed by atoms with Gasteiger partial charge in [-0.05, 0) is 0 Å². The molecule has 0 aliphatic heterocycles. The largest absolute Gasteiger partial charge is 2.00 e. The van der Waals surface area contributed by atoms with Gasteiger partial charge >= 0.3 is 67.3 Å². The summed E-state index contributed by atoms with van der Waals surface area (Å²) >= 11 is 0. The molecule has 0 heterocycles. The first-order valence-corrected chi connectivity index (χ1v) is 0. The van der Waals surface area contributed by atoms with Crippen molar-refractivity contribution in [3.05, 3.63) is 0 Å². The second-order valence-corrected chi connectivity index (χ2v) is 0. The van der Waals surface area contributed by atoms with Gasteiger partial charge in [0.1, 0.15) is 0 Å². The fraction of sp³-hybridized carbons (Fsp3) is 0. The molecular weight excluding hydrogens is 95.1 g/mol. The summed E-state index contributed by atoms with van der Waals surface area (Å²) in [6.45, 7) is 0. The molecule has 4 heteroatoms. The molecule has 2 nitrogen and oxygen atoms in total. The molecule has 0 bridgehead atoms. The fourth-order valence-corrected chi connectivity index (χ4v) is 0. The summed E-state index contributed by atoms with van der Waals surface area (Å²) in [6, 6.07) is 0. The van der Waals surface area contributed by atoms with E-state index in [4.69, 9.17) is 0 Å². The zero-order chi connectivity index (χ0) is 0. The first-order chi connectivity index (χ1) is 0. The monoisotopic (exact) mass is 102 g/mol. The van der Waals surface area contributed by atoms with Gasteiger partial charge in [0.2, 0.25) is 0 Å². The van der Waals surface area contributed by atoms with Gasteiger partial charge in [0.25, 0.3) is 0 Å². The van der Waals surface area contributed by atoms with E-state index < -0.39 is 0 Å². The zero-order valence-corrected chi connectivity index (χ0v) is 6.92. The van der Waals surface area contributed by atoms with Crippen molar-refractivity contribution in [3.63, 3.8) is 0 Å². The van der Waals surface area contributed by atoms with Crippen molar-refractivity contribution in [1.29, 1.82) is 0 Å². The third kappa shape index (κ3) is 8.89. The van der Waals surface area contributed by atoms with Crippen molar-refractivity contribution in [1.82, 2.24) is 0 Å². The third-order valence-electron chi connectivity index (χ3n) is 0. The summed E-state index contributed by atoms with van der Waals surface area (Å²) in [7, 11) is 0. The minimum Gasteiger partial charge on any atom is -1.00 e. The molecule has 0 aliphatic rings. The van der Waals surface area contributed by atoms with Crippen LogP contribution in [0.25, 0.3) is 0 Å². The Kier molecular flexibility index (Phi) is 166. The van der Waals surface area contributed by atoms with Gasteiger partial charge in [-0.1, -0.05) is 0 Å². The molecule has 0 saturated carbocycles. The van der Waals surface area contributed by atoms with E-state index >= 15 is 0 Å². The summed E-state index contributed by atoms with van der Waals surface area (Å²) in [5.74, 6) is 0. The molecule has 4 N–H and O–H groups in total. The Morgan fingerprint density at radius 3 is 1.00 bits per heavy atom. The fourth-order valence-electron chi connectivity index (χ4n) is 0. The van der Waals surface area contributed by atoms with E-state index in [1.807, 2.05) is 0 Å². The van der Waals surface area contributed by atoms with Crippen LogP contribution in [0.3, 0.4) is 0 Å². The van der Waals surface area contributed by atoms with Crippen LogP contribution in [-0.4, -0.2) is 48.7 Å². The van der Waals surface area contributed by atoms with Gasteiger partial charge in [-0.3, -0.25) is 0 Å². The van der Waals surface area contributed by atoms with Gasteiger partial charge in [-0.15, -0.1) is 0 Å². The maximum Gasteiger partial charge on any atom is 2.00 e. The molecule has 0 aliphatic carbocycles. The van der Waals surface area contributed by atoms with Crippen molar-refractivity contribution in [2.45, 2.75) is 0 Å². The van der Waals surface area contributed by atoms with Gasteiger partial charge < -0.3 is 15.2 Å². The minimum atomic E-state index is 0. The molecule has 0 radical (unpaired) electrons. The minimum absolute atomic E-state index is 0. The second kappa shape index (κ2) is 19.0. The quantitative estimate of drug-likeness (QED) is 0.276. The van der Waals surface area contributed by atoms with E-state index in [1.165, 1.54) is 0 Å². The summed E-state index contributed by atoms with van der Waals surface area (Å²) in [5, 5.41) is 0. The summed E-state index contributed by atoms with van der Waals surface area (Å²) in [4.78, 5) is 0. The number of rotatable bonds is 0. The van der Waals surface area contributed by atoms with Crippen LogP contribution < -0.4 is 29.6 Å². The van der Waals surface area contributed by atoms with Gasteiger partial charge in [0, 0.05) is 0 Å². The van der Waals surface area contributed by atoms with E-state index in [1.54, 1.807) is 0 Å².